The summed E-state index contributed by atoms with van der Waals surface area (Å²) in [5.41, 5.74) is 0.0803. The summed E-state index contributed by atoms with van der Waals surface area (Å²) < 4.78 is 18.2. The summed E-state index contributed by atoms with van der Waals surface area (Å²) in [5, 5.41) is 2.85. The normalized spacial score (nSPS) is 14.0. The summed E-state index contributed by atoms with van der Waals surface area (Å²) in [6, 6.07) is 4.38. The van der Waals surface area contributed by atoms with Crippen LogP contribution in [0.1, 0.15) is 18.4 Å². The van der Waals surface area contributed by atoms with Crippen molar-refractivity contribution in [1.82, 2.24) is 5.32 Å². The van der Waals surface area contributed by atoms with Crippen molar-refractivity contribution in [3.63, 3.8) is 0 Å². The number of carbonyl (C=O) groups is 2. The molecule has 0 spiro atoms. The van der Waals surface area contributed by atoms with Gasteiger partial charge in [-0.25, -0.2) is 4.39 Å². The topological polar surface area (TPSA) is 55.4 Å². The Balaban J connectivity index is 1.81. The van der Waals surface area contributed by atoms with E-state index in [9.17, 15) is 14.0 Å². The van der Waals surface area contributed by atoms with Crippen LogP contribution in [-0.4, -0.2) is 24.5 Å². The highest BCUT2D eigenvalue weighted by Gasteiger charge is 2.23. The first-order valence-corrected chi connectivity index (χ1v) is 6.32. The summed E-state index contributed by atoms with van der Waals surface area (Å²) in [4.78, 5) is 22.8. The van der Waals surface area contributed by atoms with Gasteiger partial charge in [-0.1, -0.05) is 17.7 Å². The zero-order valence-electron chi connectivity index (χ0n) is 10.1. The maximum absolute atomic E-state index is 13.4. The van der Waals surface area contributed by atoms with Crippen molar-refractivity contribution in [1.29, 1.82) is 0 Å². The van der Waals surface area contributed by atoms with Gasteiger partial charge in [-0.15, -0.1) is 0 Å². The smallest absolute Gasteiger partial charge is 0.310 e. The molecule has 0 unspecified atom stereocenters. The van der Waals surface area contributed by atoms with Gasteiger partial charge in [0, 0.05) is 16.6 Å². The number of esters is 1. The number of nitrogens with one attached hydrogen (secondary N) is 1. The minimum absolute atomic E-state index is 0.0803. The van der Waals surface area contributed by atoms with Gasteiger partial charge < -0.3 is 10.1 Å². The number of amides is 1. The Kier molecular flexibility index (Phi) is 4.37. The highest BCUT2D eigenvalue weighted by molar-refractivity contribution is 6.31. The Labute approximate surface area is 114 Å². The summed E-state index contributed by atoms with van der Waals surface area (Å²) in [5.74, 6) is -1.58. The minimum atomic E-state index is -0.682. The fraction of sp³-hybridized carbons (Fsp3) is 0.385. The van der Waals surface area contributed by atoms with E-state index in [4.69, 9.17) is 16.3 Å². The van der Waals surface area contributed by atoms with Crippen LogP contribution in [0.5, 0.6) is 0 Å². The van der Waals surface area contributed by atoms with E-state index in [0.29, 0.717) is 0 Å². The number of hydrogen-bond acceptors (Lipinski definition) is 3. The molecule has 1 aliphatic rings. The van der Waals surface area contributed by atoms with E-state index in [2.05, 4.69) is 5.32 Å². The first kappa shape index (κ1) is 13.8. The molecular formula is C13H13ClFNO3. The monoisotopic (exact) mass is 285 g/mol. The third kappa shape index (κ3) is 4.21. The van der Waals surface area contributed by atoms with Crippen molar-refractivity contribution in [2.24, 2.45) is 0 Å². The Hall–Kier alpha value is -1.62. The van der Waals surface area contributed by atoms with Gasteiger partial charge in [0.25, 0.3) is 5.91 Å². The summed E-state index contributed by atoms with van der Waals surface area (Å²) in [6.07, 6.45) is 1.64. The standard InChI is InChI=1S/C13H13ClFNO3/c14-10-2-1-3-11(15)9(10)6-13(18)19-7-12(17)16-8-4-5-8/h1-3,8H,4-7H2,(H,16,17). The first-order chi connectivity index (χ1) is 9.06. The molecule has 1 aromatic carbocycles. The maximum atomic E-state index is 13.4. The highest BCUT2D eigenvalue weighted by atomic mass is 35.5. The molecule has 1 N–H and O–H groups in total. The van der Waals surface area contributed by atoms with Crippen molar-refractivity contribution in [3.8, 4) is 0 Å². The molecular weight excluding hydrogens is 273 g/mol. The molecule has 0 atom stereocenters. The molecule has 102 valence electrons. The quantitative estimate of drug-likeness (QED) is 0.840. The van der Waals surface area contributed by atoms with Crippen molar-refractivity contribution >= 4 is 23.5 Å². The van der Waals surface area contributed by atoms with E-state index in [-0.39, 0.29) is 35.6 Å². The van der Waals surface area contributed by atoms with Crippen LogP contribution in [-0.2, 0) is 20.7 Å². The minimum Gasteiger partial charge on any atom is -0.455 e. The molecule has 1 aromatic rings. The molecule has 0 bridgehead atoms. The molecule has 1 fully saturated rings. The molecule has 1 saturated carbocycles. The number of carbonyl (C=O) groups excluding carboxylic acids is 2. The third-order valence-electron chi connectivity index (χ3n) is 2.69. The number of rotatable bonds is 5. The molecule has 6 heteroatoms. The average molecular weight is 286 g/mol. The van der Waals surface area contributed by atoms with Crippen molar-refractivity contribution < 1.29 is 18.7 Å². The lowest BCUT2D eigenvalue weighted by Crippen LogP contribution is -2.30. The summed E-state index contributed by atoms with van der Waals surface area (Å²) in [6.45, 7) is -0.346. The Morgan fingerprint density at radius 2 is 2.16 bits per heavy atom. The largest absolute Gasteiger partial charge is 0.455 e. The second-order valence-corrected chi connectivity index (χ2v) is 4.79. The second-order valence-electron chi connectivity index (χ2n) is 4.38. The van der Waals surface area contributed by atoms with Crippen LogP contribution in [0.15, 0.2) is 18.2 Å². The summed E-state index contributed by atoms with van der Waals surface area (Å²) >= 11 is 5.79. The number of ether oxygens (including phenoxy) is 1. The van der Waals surface area contributed by atoms with E-state index in [1.165, 1.54) is 18.2 Å². The van der Waals surface area contributed by atoms with Gasteiger partial charge >= 0.3 is 5.97 Å². The molecule has 0 heterocycles. The fourth-order valence-electron chi connectivity index (χ4n) is 1.54. The van der Waals surface area contributed by atoms with Crippen LogP contribution in [0.25, 0.3) is 0 Å². The fourth-order valence-corrected chi connectivity index (χ4v) is 1.77. The van der Waals surface area contributed by atoms with Gasteiger partial charge in [-0.2, -0.15) is 0 Å². The molecule has 0 aromatic heterocycles. The molecule has 0 saturated heterocycles. The van der Waals surface area contributed by atoms with Crippen LogP contribution in [0.2, 0.25) is 5.02 Å². The summed E-state index contributed by atoms with van der Waals surface area (Å²) in [7, 11) is 0. The number of benzene rings is 1. The number of halogens is 2. The molecule has 1 amide bonds. The zero-order chi connectivity index (χ0) is 13.8. The van der Waals surface area contributed by atoms with Crippen molar-refractivity contribution in [3.05, 3.63) is 34.6 Å². The van der Waals surface area contributed by atoms with E-state index in [1.807, 2.05) is 0 Å². The van der Waals surface area contributed by atoms with Crippen LogP contribution in [0.3, 0.4) is 0 Å². The zero-order valence-corrected chi connectivity index (χ0v) is 10.9. The molecule has 1 aliphatic carbocycles. The molecule has 2 rings (SSSR count). The maximum Gasteiger partial charge on any atom is 0.310 e. The second kappa shape index (κ2) is 6.02. The SMILES string of the molecule is O=C(COC(=O)Cc1c(F)cccc1Cl)NC1CC1. The molecule has 0 radical (unpaired) electrons. The Bertz CT molecular complexity index is 482. The number of hydrogen-bond donors (Lipinski definition) is 1. The molecule has 4 nitrogen and oxygen atoms in total. The average Bonchev–Trinajstić information content (AvgIpc) is 3.15. The van der Waals surface area contributed by atoms with Crippen LogP contribution >= 0.6 is 11.6 Å². The van der Waals surface area contributed by atoms with Gasteiger partial charge in [-0.3, -0.25) is 9.59 Å². The lowest BCUT2D eigenvalue weighted by Gasteiger charge is -2.07. The van der Waals surface area contributed by atoms with E-state index in [1.54, 1.807) is 0 Å². The van der Waals surface area contributed by atoms with Crippen LogP contribution in [0.4, 0.5) is 4.39 Å². The predicted octanol–water partition coefficient (Wildman–Crippen LogP) is 1.84. The van der Waals surface area contributed by atoms with E-state index >= 15 is 0 Å². The predicted molar refractivity (Wildman–Crippen MR) is 67.2 cm³/mol. The lowest BCUT2D eigenvalue weighted by atomic mass is 10.1. The van der Waals surface area contributed by atoms with E-state index < -0.39 is 11.8 Å². The third-order valence-corrected chi connectivity index (χ3v) is 3.04. The van der Waals surface area contributed by atoms with Gasteiger partial charge in [0.1, 0.15) is 5.82 Å². The Morgan fingerprint density at radius 1 is 1.42 bits per heavy atom. The molecule has 0 aliphatic heterocycles. The van der Waals surface area contributed by atoms with Crippen LogP contribution in [0, 0.1) is 5.82 Å². The van der Waals surface area contributed by atoms with Gasteiger partial charge in [0.2, 0.25) is 0 Å². The van der Waals surface area contributed by atoms with Crippen molar-refractivity contribution in [2.75, 3.05) is 6.61 Å². The van der Waals surface area contributed by atoms with Gasteiger partial charge in [0.15, 0.2) is 6.61 Å². The first-order valence-electron chi connectivity index (χ1n) is 5.94. The van der Waals surface area contributed by atoms with Gasteiger partial charge in [-0.05, 0) is 25.0 Å². The lowest BCUT2D eigenvalue weighted by molar-refractivity contribution is -0.147. The van der Waals surface area contributed by atoms with Gasteiger partial charge in [0.05, 0.1) is 6.42 Å². The van der Waals surface area contributed by atoms with Crippen molar-refractivity contribution in [2.45, 2.75) is 25.3 Å². The van der Waals surface area contributed by atoms with Crippen LogP contribution < -0.4 is 5.32 Å². The Morgan fingerprint density at radius 3 is 2.79 bits per heavy atom. The molecule has 19 heavy (non-hydrogen) atoms. The van der Waals surface area contributed by atoms with E-state index in [0.717, 1.165) is 12.8 Å². The highest BCUT2D eigenvalue weighted by Crippen LogP contribution is 2.20.